The van der Waals surface area contributed by atoms with Crippen molar-refractivity contribution in [3.8, 4) is 17.2 Å². The summed E-state index contributed by atoms with van der Waals surface area (Å²) in [5.41, 5.74) is 0.737. The summed E-state index contributed by atoms with van der Waals surface area (Å²) in [6, 6.07) is 7.05. The summed E-state index contributed by atoms with van der Waals surface area (Å²) in [7, 11) is 1.57. The molecule has 9 heteroatoms. The number of nitrogens with one attached hydrogen (secondary N) is 1. The highest BCUT2D eigenvalue weighted by molar-refractivity contribution is 8.04. The average Bonchev–Trinajstić information content (AvgIpc) is 3.25. The molecular weight excluding hydrogens is 346 g/mol. The molecule has 0 unspecified atom stereocenters. The predicted molar refractivity (Wildman–Crippen MR) is 90.4 cm³/mol. The third-order valence-corrected chi connectivity index (χ3v) is 4.28. The van der Waals surface area contributed by atoms with Crippen LogP contribution in [0.2, 0.25) is 0 Å². The van der Waals surface area contributed by atoms with E-state index >= 15 is 0 Å². The van der Waals surface area contributed by atoms with Crippen LogP contribution >= 0.6 is 11.8 Å². The minimum atomic E-state index is -0.628. The number of benzene rings is 1. The third kappa shape index (κ3) is 3.66. The minimum absolute atomic E-state index is 0.00559. The molecule has 0 radical (unpaired) electrons. The Bertz CT molecular complexity index is 829. The fraction of sp³-hybridized carbons (Fsp3) is 0.250. The highest BCUT2D eigenvalue weighted by atomic mass is 32.2. The Morgan fingerprint density at radius 2 is 2.08 bits per heavy atom. The number of methoxy groups -OCH3 is 1. The van der Waals surface area contributed by atoms with E-state index in [1.807, 2.05) is 0 Å². The Morgan fingerprint density at radius 1 is 1.32 bits per heavy atom. The topological polar surface area (TPSA) is 104 Å². The zero-order chi connectivity index (χ0) is 17.8. The van der Waals surface area contributed by atoms with Crippen LogP contribution in [0.25, 0.3) is 17.0 Å². The van der Waals surface area contributed by atoms with Crippen LogP contribution in [0.3, 0.4) is 0 Å². The SMILES string of the molecule is CCOC(=O)/C(=C1\NC(=O)CS1)c1nnc(-c2ccc(OC)cc2)o1. The van der Waals surface area contributed by atoms with Crippen molar-refractivity contribution in [1.82, 2.24) is 15.5 Å². The van der Waals surface area contributed by atoms with Crippen molar-refractivity contribution < 1.29 is 23.5 Å². The molecule has 0 saturated carbocycles. The van der Waals surface area contributed by atoms with Crippen LogP contribution in [-0.2, 0) is 14.3 Å². The van der Waals surface area contributed by atoms with Crippen LogP contribution < -0.4 is 10.1 Å². The van der Waals surface area contributed by atoms with Gasteiger partial charge in [0.25, 0.3) is 5.89 Å². The number of ether oxygens (including phenoxy) is 2. The number of nitrogens with zero attached hydrogens (tertiary/aromatic N) is 2. The van der Waals surface area contributed by atoms with E-state index in [9.17, 15) is 9.59 Å². The molecule has 0 spiro atoms. The molecule has 1 amide bonds. The van der Waals surface area contributed by atoms with Gasteiger partial charge in [-0.3, -0.25) is 4.79 Å². The van der Waals surface area contributed by atoms with Crippen molar-refractivity contribution in [2.75, 3.05) is 19.5 Å². The maximum Gasteiger partial charge on any atom is 0.346 e. The lowest BCUT2D eigenvalue weighted by Crippen LogP contribution is -2.18. The Kier molecular flexibility index (Phi) is 5.03. The monoisotopic (exact) mass is 361 g/mol. The molecule has 1 aliphatic heterocycles. The molecular formula is C16H15N3O5S. The molecule has 25 heavy (non-hydrogen) atoms. The highest BCUT2D eigenvalue weighted by Crippen LogP contribution is 2.31. The van der Waals surface area contributed by atoms with Gasteiger partial charge < -0.3 is 19.2 Å². The summed E-state index contributed by atoms with van der Waals surface area (Å²) in [6.45, 7) is 1.88. The Morgan fingerprint density at radius 3 is 2.68 bits per heavy atom. The lowest BCUT2D eigenvalue weighted by Gasteiger charge is -2.06. The molecule has 0 bridgehead atoms. The number of hydrogen-bond acceptors (Lipinski definition) is 8. The van der Waals surface area contributed by atoms with Gasteiger partial charge in [-0.1, -0.05) is 11.8 Å². The van der Waals surface area contributed by atoms with E-state index in [1.165, 1.54) is 11.8 Å². The van der Waals surface area contributed by atoms with E-state index in [1.54, 1.807) is 38.3 Å². The first-order valence-corrected chi connectivity index (χ1v) is 8.43. The first kappa shape index (κ1) is 17.0. The van der Waals surface area contributed by atoms with Gasteiger partial charge in [-0.05, 0) is 31.2 Å². The van der Waals surface area contributed by atoms with Crippen LogP contribution in [0, 0.1) is 0 Å². The molecule has 8 nitrogen and oxygen atoms in total. The second kappa shape index (κ2) is 7.39. The molecule has 3 rings (SSSR count). The van der Waals surface area contributed by atoms with Crippen LogP contribution in [-0.4, -0.2) is 41.5 Å². The molecule has 1 N–H and O–H groups in total. The molecule has 2 heterocycles. The largest absolute Gasteiger partial charge is 0.497 e. The lowest BCUT2D eigenvalue weighted by atomic mass is 10.2. The molecule has 0 aliphatic carbocycles. The normalized spacial score (nSPS) is 15.7. The fourth-order valence-corrected chi connectivity index (χ4v) is 2.97. The molecule has 1 saturated heterocycles. The number of rotatable bonds is 5. The molecule has 1 aliphatic rings. The predicted octanol–water partition coefficient (Wildman–Crippen LogP) is 1.84. The second-order valence-corrected chi connectivity index (χ2v) is 5.89. The third-order valence-electron chi connectivity index (χ3n) is 3.28. The summed E-state index contributed by atoms with van der Waals surface area (Å²) in [5.74, 6) is 0.331. The van der Waals surface area contributed by atoms with Crippen LogP contribution in [0.15, 0.2) is 33.7 Å². The van der Waals surface area contributed by atoms with E-state index in [-0.39, 0.29) is 35.6 Å². The maximum atomic E-state index is 12.3. The summed E-state index contributed by atoms with van der Waals surface area (Å²) < 4.78 is 15.8. The van der Waals surface area contributed by atoms with Gasteiger partial charge in [-0.25, -0.2) is 4.79 Å². The number of carbonyl (C=O) groups excluding carboxylic acids is 2. The van der Waals surface area contributed by atoms with Gasteiger partial charge in [-0.2, -0.15) is 0 Å². The Hall–Kier alpha value is -2.81. The Balaban J connectivity index is 1.96. The first-order chi connectivity index (χ1) is 12.1. The molecule has 0 atom stereocenters. The van der Waals surface area contributed by atoms with Crippen molar-refractivity contribution in [2.45, 2.75) is 6.92 Å². The number of aromatic nitrogens is 2. The standard InChI is InChI=1S/C16H15N3O5S/c1-3-23-16(21)12(15-17-11(20)8-25-15)14-19-18-13(24-14)9-4-6-10(22-2)7-5-9/h4-7H,3,8H2,1-2H3,(H,17,20)/b15-12+. The number of hydrogen-bond donors (Lipinski definition) is 1. The molecule has 1 aromatic heterocycles. The molecule has 130 valence electrons. The highest BCUT2D eigenvalue weighted by Gasteiger charge is 2.29. The maximum absolute atomic E-state index is 12.3. The van der Waals surface area contributed by atoms with E-state index in [0.29, 0.717) is 16.3 Å². The first-order valence-electron chi connectivity index (χ1n) is 7.44. The molecule has 1 fully saturated rings. The zero-order valence-electron chi connectivity index (χ0n) is 13.6. The van der Waals surface area contributed by atoms with Crippen molar-refractivity contribution in [3.63, 3.8) is 0 Å². The molecule has 1 aromatic carbocycles. The van der Waals surface area contributed by atoms with Gasteiger partial charge in [-0.15, -0.1) is 10.2 Å². The Labute approximate surface area is 147 Å². The smallest absolute Gasteiger partial charge is 0.346 e. The summed E-state index contributed by atoms with van der Waals surface area (Å²) in [5, 5.41) is 10.9. The van der Waals surface area contributed by atoms with Crippen molar-refractivity contribution in [1.29, 1.82) is 0 Å². The molecule has 2 aromatic rings. The van der Waals surface area contributed by atoms with E-state index in [0.717, 1.165) is 0 Å². The van der Waals surface area contributed by atoms with Gasteiger partial charge in [0.2, 0.25) is 11.8 Å². The number of amides is 1. The quantitative estimate of drug-likeness (QED) is 0.635. The summed E-state index contributed by atoms with van der Waals surface area (Å²) in [4.78, 5) is 23.7. The van der Waals surface area contributed by atoms with Crippen LogP contribution in [0.5, 0.6) is 5.75 Å². The second-order valence-electron chi connectivity index (χ2n) is 4.90. The lowest BCUT2D eigenvalue weighted by molar-refractivity contribution is -0.136. The van der Waals surface area contributed by atoms with E-state index in [2.05, 4.69) is 15.5 Å². The van der Waals surface area contributed by atoms with Crippen molar-refractivity contribution in [3.05, 3.63) is 35.2 Å². The summed E-state index contributed by atoms with van der Waals surface area (Å²) in [6.07, 6.45) is 0. The number of thioether (sulfide) groups is 1. The van der Waals surface area contributed by atoms with Crippen LogP contribution in [0.4, 0.5) is 0 Å². The van der Waals surface area contributed by atoms with Gasteiger partial charge in [0.1, 0.15) is 5.75 Å². The minimum Gasteiger partial charge on any atom is -0.497 e. The summed E-state index contributed by atoms with van der Waals surface area (Å²) >= 11 is 1.19. The number of esters is 1. The van der Waals surface area contributed by atoms with Crippen molar-refractivity contribution in [2.24, 2.45) is 0 Å². The fourth-order valence-electron chi connectivity index (χ4n) is 2.13. The number of carbonyl (C=O) groups is 2. The van der Waals surface area contributed by atoms with Gasteiger partial charge in [0.15, 0.2) is 5.57 Å². The average molecular weight is 361 g/mol. The van der Waals surface area contributed by atoms with Crippen molar-refractivity contribution >= 4 is 29.2 Å². The van der Waals surface area contributed by atoms with Gasteiger partial charge in [0.05, 0.1) is 24.5 Å². The van der Waals surface area contributed by atoms with Gasteiger partial charge in [0, 0.05) is 5.56 Å². The van der Waals surface area contributed by atoms with Crippen LogP contribution in [0.1, 0.15) is 12.8 Å². The zero-order valence-corrected chi connectivity index (χ0v) is 14.4. The van der Waals surface area contributed by atoms with Gasteiger partial charge >= 0.3 is 5.97 Å². The van der Waals surface area contributed by atoms with E-state index in [4.69, 9.17) is 13.9 Å². The van der Waals surface area contributed by atoms with E-state index < -0.39 is 5.97 Å².